The third-order valence-electron chi connectivity index (χ3n) is 1.83. The summed E-state index contributed by atoms with van der Waals surface area (Å²) in [5.74, 6) is 0.382. The van der Waals surface area contributed by atoms with Crippen molar-refractivity contribution in [3.8, 4) is 0 Å². The number of hydrogen-bond acceptors (Lipinski definition) is 1. The van der Waals surface area contributed by atoms with Crippen LogP contribution in [0.25, 0.3) is 0 Å². The Balaban J connectivity index is -0.000000266. The fourth-order valence-electron chi connectivity index (χ4n) is 0.706. The van der Waals surface area contributed by atoms with Crippen molar-refractivity contribution < 1.29 is 9.69 Å². The second-order valence-corrected chi connectivity index (χ2v) is 2.70. The van der Waals surface area contributed by atoms with Gasteiger partial charge in [0.1, 0.15) is 5.78 Å². The van der Waals surface area contributed by atoms with Crippen molar-refractivity contribution in [1.29, 1.82) is 0 Å². The zero-order valence-electron chi connectivity index (χ0n) is 11.2. The molecule has 0 amide bonds. The van der Waals surface area contributed by atoms with E-state index >= 15 is 0 Å². The van der Waals surface area contributed by atoms with Crippen molar-refractivity contribution in [2.24, 2.45) is 0 Å². The highest BCUT2D eigenvalue weighted by atomic mass is 16.1. The van der Waals surface area contributed by atoms with E-state index in [2.05, 4.69) is 14.0 Å². The fourth-order valence-corrected chi connectivity index (χ4v) is 0.706. The summed E-state index contributed by atoms with van der Waals surface area (Å²) >= 11 is 0. The lowest BCUT2D eigenvalue weighted by Gasteiger charge is -2.09. The predicted molar refractivity (Wildman–Crippen MR) is 64.9 cm³/mol. The molecule has 0 saturated heterocycles. The zero-order valence-corrected chi connectivity index (χ0v) is 11.2. The van der Waals surface area contributed by atoms with Gasteiger partial charge in [0.15, 0.2) is 0 Å². The molecular weight excluding hydrogens is 174 g/mol. The Morgan fingerprint density at radius 2 is 1.50 bits per heavy atom. The van der Waals surface area contributed by atoms with Crippen molar-refractivity contribution in [3.05, 3.63) is 0 Å². The average Bonchev–Trinajstić information content (AvgIpc) is 2.30. The van der Waals surface area contributed by atoms with E-state index in [0.717, 1.165) is 19.5 Å². The van der Waals surface area contributed by atoms with Gasteiger partial charge in [-0.05, 0) is 6.92 Å². The topological polar surface area (TPSA) is 21.5 Å². The Hall–Kier alpha value is -0.370. The molecule has 14 heavy (non-hydrogen) atoms. The standard InChI is InChI=1S/C8H17NO.2C2H6/c1-4-8(10)6-7-9(3)5-2;2*1-2/h4-7H2,1-3H3;2*1-2H3/p+1. The van der Waals surface area contributed by atoms with Gasteiger partial charge in [0.05, 0.1) is 26.6 Å². The molecule has 0 aliphatic rings. The summed E-state index contributed by atoms with van der Waals surface area (Å²) in [6, 6.07) is 0. The first-order valence-corrected chi connectivity index (χ1v) is 6.03. The molecule has 88 valence electrons. The van der Waals surface area contributed by atoms with Crippen molar-refractivity contribution in [2.45, 2.75) is 54.4 Å². The number of quaternary nitrogens is 1. The molecule has 2 heteroatoms. The molecule has 2 nitrogen and oxygen atoms in total. The molecule has 0 aliphatic heterocycles. The van der Waals surface area contributed by atoms with Gasteiger partial charge in [-0.3, -0.25) is 4.79 Å². The van der Waals surface area contributed by atoms with Gasteiger partial charge in [0, 0.05) is 6.42 Å². The summed E-state index contributed by atoms with van der Waals surface area (Å²) in [6.45, 7) is 14.1. The highest BCUT2D eigenvalue weighted by Gasteiger charge is 2.02. The Labute approximate surface area is 90.7 Å². The Morgan fingerprint density at radius 1 is 1.07 bits per heavy atom. The van der Waals surface area contributed by atoms with Gasteiger partial charge < -0.3 is 4.90 Å². The molecule has 0 aromatic carbocycles. The molecule has 0 aromatic heterocycles. The van der Waals surface area contributed by atoms with E-state index in [0.29, 0.717) is 12.2 Å². The summed E-state index contributed by atoms with van der Waals surface area (Å²) in [4.78, 5) is 12.3. The van der Waals surface area contributed by atoms with Crippen LogP contribution in [0.2, 0.25) is 0 Å². The lowest BCUT2D eigenvalue weighted by atomic mass is 10.2. The highest BCUT2D eigenvalue weighted by Crippen LogP contribution is 1.83. The molecule has 0 radical (unpaired) electrons. The van der Waals surface area contributed by atoms with Gasteiger partial charge in [-0.15, -0.1) is 0 Å². The third kappa shape index (κ3) is 17.6. The summed E-state index contributed by atoms with van der Waals surface area (Å²) in [7, 11) is 2.11. The molecule has 0 aromatic rings. The molecular formula is C12H30NO+. The van der Waals surface area contributed by atoms with Gasteiger partial charge >= 0.3 is 0 Å². The maximum absolute atomic E-state index is 10.8. The fraction of sp³-hybridized carbons (Fsp3) is 0.917. The van der Waals surface area contributed by atoms with Crippen LogP contribution in [0.4, 0.5) is 0 Å². The van der Waals surface area contributed by atoms with E-state index < -0.39 is 0 Å². The van der Waals surface area contributed by atoms with Gasteiger partial charge in [-0.2, -0.15) is 0 Å². The lowest BCUT2D eigenvalue weighted by molar-refractivity contribution is -0.876. The minimum Gasteiger partial charge on any atom is -0.337 e. The van der Waals surface area contributed by atoms with Gasteiger partial charge in [-0.1, -0.05) is 34.6 Å². The number of hydrogen-bond donors (Lipinski definition) is 1. The van der Waals surface area contributed by atoms with Crippen LogP contribution in [0.3, 0.4) is 0 Å². The minimum absolute atomic E-state index is 0.382. The second-order valence-electron chi connectivity index (χ2n) is 2.70. The summed E-state index contributed by atoms with van der Waals surface area (Å²) in [6.07, 6.45) is 1.44. The first kappa shape index (κ1) is 19.2. The van der Waals surface area contributed by atoms with E-state index in [1.54, 1.807) is 0 Å². The molecule has 0 bridgehead atoms. The first-order chi connectivity index (χ1) is 6.70. The molecule has 0 spiro atoms. The predicted octanol–water partition coefficient (Wildman–Crippen LogP) is 1.94. The molecule has 0 aliphatic carbocycles. The Bertz CT molecular complexity index is 102. The molecule has 0 rings (SSSR count). The number of carbonyl (C=O) groups is 1. The number of nitrogens with one attached hydrogen (secondary N) is 1. The van der Waals surface area contributed by atoms with E-state index in [4.69, 9.17) is 0 Å². The van der Waals surface area contributed by atoms with Crippen LogP contribution in [0.5, 0.6) is 0 Å². The van der Waals surface area contributed by atoms with Crippen LogP contribution < -0.4 is 4.90 Å². The van der Waals surface area contributed by atoms with Crippen molar-refractivity contribution in [1.82, 2.24) is 0 Å². The summed E-state index contributed by atoms with van der Waals surface area (Å²) in [5.41, 5.74) is 0. The molecule has 0 heterocycles. The Kier molecular flexibility index (Phi) is 25.3. The SMILES string of the molecule is CC.CC.CCC(=O)CC[NH+](C)CC. The molecule has 1 unspecified atom stereocenters. The summed E-state index contributed by atoms with van der Waals surface area (Å²) < 4.78 is 0. The molecule has 0 saturated carbocycles. The van der Waals surface area contributed by atoms with Gasteiger partial charge in [-0.25, -0.2) is 0 Å². The van der Waals surface area contributed by atoms with Crippen LogP contribution in [0, 0.1) is 0 Å². The number of ketones is 1. The van der Waals surface area contributed by atoms with Crippen LogP contribution in [0.1, 0.15) is 54.4 Å². The maximum Gasteiger partial charge on any atom is 0.138 e. The van der Waals surface area contributed by atoms with Crippen LogP contribution in [-0.4, -0.2) is 25.9 Å². The largest absolute Gasteiger partial charge is 0.337 e. The monoisotopic (exact) mass is 204 g/mol. The quantitative estimate of drug-likeness (QED) is 0.726. The number of rotatable bonds is 5. The summed E-state index contributed by atoms with van der Waals surface area (Å²) in [5, 5.41) is 0. The van der Waals surface area contributed by atoms with Crippen LogP contribution in [-0.2, 0) is 4.79 Å². The van der Waals surface area contributed by atoms with Crippen LogP contribution in [0.15, 0.2) is 0 Å². The average molecular weight is 204 g/mol. The van der Waals surface area contributed by atoms with Gasteiger partial charge in [0.25, 0.3) is 0 Å². The first-order valence-electron chi connectivity index (χ1n) is 6.03. The highest BCUT2D eigenvalue weighted by molar-refractivity contribution is 5.77. The van der Waals surface area contributed by atoms with E-state index in [1.165, 1.54) is 4.90 Å². The second kappa shape index (κ2) is 18.4. The van der Waals surface area contributed by atoms with Crippen LogP contribution >= 0.6 is 0 Å². The van der Waals surface area contributed by atoms with E-state index in [-0.39, 0.29) is 0 Å². The zero-order chi connectivity index (χ0) is 12.0. The number of carbonyl (C=O) groups excluding carboxylic acids is 1. The molecule has 1 atom stereocenters. The van der Waals surface area contributed by atoms with Crippen molar-refractivity contribution >= 4 is 5.78 Å². The minimum atomic E-state index is 0.382. The Morgan fingerprint density at radius 3 is 1.79 bits per heavy atom. The normalized spacial score (nSPS) is 10.2. The smallest absolute Gasteiger partial charge is 0.138 e. The molecule has 0 fully saturated rings. The van der Waals surface area contributed by atoms with Crippen molar-refractivity contribution in [3.63, 3.8) is 0 Å². The number of Topliss-reactive ketones (excluding diaryl/α,β-unsaturated/α-hetero) is 1. The lowest BCUT2D eigenvalue weighted by Crippen LogP contribution is -3.08. The molecule has 1 N–H and O–H groups in total. The van der Waals surface area contributed by atoms with E-state index in [9.17, 15) is 4.79 Å². The van der Waals surface area contributed by atoms with Crippen molar-refractivity contribution in [2.75, 3.05) is 20.1 Å². The maximum atomic E-state index is 10.8. The van der Waals surface area contributed by atoms with Gasteiger partial charge in [0.2, 0.25) is 0 Å². The van der Waals surface area contributed by atoms with E-state index in [1.807, 2.05) is 34.6 Å². The third-order valence-corrected chi connectivity index (χ3v) is 1.83.